The Labute approximate surface area is 183 Å². The molecule has 0 atom stereocenters. The molecule has 0 spiro atoms. The molecule has 0 aliphatic heterocycles. The molecular weight excluding hydrogens is 432 g/mol. The number of nitrogens with zero attached hydrogens (tertiary/aromatic N) is 2. The number of hydrogen-bond acceptors (Lipinski definition) is 8. The van der Waals surface area contributed by atoms with Crippen molar-refractivity contribution in [2.75, 3.05) is 44.6 Å². The second-order valence-corrected chi connectivity index (χ2v) is 6.89. The lowest BCUT2D eigenvalue weighted by Crippen LogP contribution is -2.43. The van der Waals surface area contributed by atoms with Gasteiger partial charge < -0.3 is 31.1 Å². The van der Waals surface area contributed by atoms with Crippen molar-refractivity contribution in [3.63, 3.8) is 0 Å². The van der Waals surface area contributed by atoms with Gasteiger partial charge in [-0.2, -0.15) is 0 Å². The highest BCUT2D eigenvalue weighted by Crippen LogP contribution is 2.10. The maximum absolute atomic E-state index is 12.1. The molecule has 0 amide bonds. The first-order chi connectivity index (χ1) is 14.5. The summed E-state index contributed by atoms with van der Waals surface area (Å²) in [6.45, 7) is -2.06. The molecule has 0 aliphatic carbocycles. The van der Waals surface area contributed by atoms with Gasteiger partial charge in [-0.05, 0) is 29.9 Å². The first kappa shape index (κ1) is 25.7. The maximum atomic E-state index is 12.1. The smallest absolute Gasteiger partial charge is 0.320 e. The SMILES string of the molecule is NC(=S)Nc1ccc(COC(=O)CN(CCN(CC(=O)O)CC(=O)O)CC(=O)O)cc1. The number of aliphatic carboxylic acids is 3. The number of thiocarbonyl (C=S) groups is 1. The Morgan fingerprint density at radius 2 is 1.32 bits per heavy atom. The van der Waals surface area contributed by atoms with Crippen LogP contribution in [0.15, 0.2) is 24.3 Å². The average Bonchev–Trinajstić information content (AvgIpc) is 2.63. The fraction of sp³-hybridized carbons (Fsp3) is 0.389. The van der Waals surface area contributed by atoms with Crippen molar-refractivity contribution in [3.8, 4) is 0 Å². The molecule has 1 rings (SSSR count). The predicted octanol–water partition coefficient (Wildman–Crippen LogP) is -0.757. The second-order valence-electron chi connectivity index (χ2n) is 6.45. The Morgan fingerprint density at radius 3 is 1.74 bits per heavy atom. The zero-order chi connectivity index (χ0) is 23.4. The molecule has 1 aromatic carbocycles. The number of nitrogens with two attached hydrogens (primary N) is 1. The molecule has 0 aromatic heterocycles. The van der Waals surface area contributed by atoms with Crippen molar-refractivity contribution in [2.24, 2.45) is 5.73 Å². The van der Waals surface area contributed by atoms with Crippen molar-refractivity contribution in [2.45, 2.75) is 6.61 Å². The van der Waals surface area contributed by atoms with E-state index in [0.29, 0.717) is 11.3 Å². The van der Waals surface area contributed by atoms with Crippen LogP contribution in [0.1, 0.15) is 5.56 Å². The molecule has 0 saturated heterocycles. The Bertz CT molecular complexity index is 786. The van der Waals surface area contributed by atoms with Crippen LogP contribution in [-0.4, -0.2) is 93.4 Å². The van der Waals surface area contributed by atoms with Crippen molar-refractivity contribution in [1.29, 1.82) is 0 Å². The number of rotatable bonds is 14. The van der Waals surface area contributed by atoms with Crippen LogP contribution in [0.3, 0.4) is 0 Å². The van der Waals surface area contributed by atoms with E-state index >= 15 is 0 Å². The lowest BCUT2D eigenvalue weighted by Gasteiger charge is -2.24. The highest BCUT2D eigenvalue weighted by atomic mass is 32.1. The molecule has 1 aromatic rings. The molecule has 170 valence electrons. The Morgan fingerprint density at radius 1 is 0.871 bits per heavy atom. The van der Waals surface area contributed by atoms with E-state index in [1.807, 2.05) is 0 Å². The Balaban J connectivity index is 2.60. The van der Waals surface area contributed by atoms with Gasteiger partial charge in [0, 0.05) is 18.8 Å². The lowest BCUT2D eigenvalue weighted by atomic mass is 10.2. The number of nitrogens with one attached hydrogen (secondary N) is 1. The van der Waals surface area contributed by atoms with E-state index in [4.69, 9.17) is 38.0 Å². The number of benzene rings is 1. The summed E-state index contributed by atoms with van der Waals surface area (Å²) in [7, 11) is 0. The minimum atomic E-state index is -1.22. The van der Waals surface area contributed by atoms with Crippen molar-refractivity contribution >= 4 is 46.9 Å². The summed E-state index contributed by atoms with van der Waals surface area (Å²) in [5.74, 6) is -4.33. The molecule has 6 N–H and O–H groups in total. The van der Waals surface area contributed by atoms with E-state index < -0.39 is 43.5 Å². The van der Waals surface area contributed by atoms with Gasteiger partial charge in [-0.1, -0.05) is 12.1 Å². The number of ether oxygens (including phenoxy) is 1. The summed E-state index contributed by atoms with van der Waals surface area (Å²) < 4.78 is 5.15. The number of anilines is 1. The average molecular weight is 456 g/mol. The molecule has 31 heavy (non-hydrogen) atoms. The number of carbonyl (C=O) groups is 4. The third-order valence-electron chi connectivity index (χ3n) is 3.78. The summed E-state index contributed by atoms with van der Waals surface area (Å²) in [4.78, 5) is 47.2. The quantitative estimate of drug-likeness (QED) is 0.174. The standard InChI is InChI=1S/C18H24N4O8S/c19-18(31)20-13-3-1-12(2-4-13)11-30-17(29)10-22(9-16(27)28)6-5-21(7-14(23)24)8-15(25)26/h1-4H,5-11H2,(H,23,24)(H,25,26)(H,27,28)(H3,19,20,31). The normalized spacial score (nSPS) is 10.6. The topological polar surface area (TPSA) is 183 Å². The molecule has 13 heteroatoms. The van der Waals surface area contributed by atoms with Gasteiger partial charge in [-0.15, -0.1) is 0 Å². The molecule has 0 aliphatic rings. The van der Waals surface area contributed by atoms with E-state index in [1.54, 1.807) is 24.3 Å². The van der Waals surface area contributed by atoms with Crippen LogP contribution in [-0.2, 0) is 30.5 Å². The van der Waals surface area contributed by atoms with E-state index in [1.165, 1.54) is 4.90 Å². The first-order valence-electron chi connectivity index (χ1n) is 8.96. The van der Waals surface area contributed by atoms with E-state index in [-0.39, 0.29) is 31.4 Å². The van der Waals surface area contributed by atoms with Gasteiger partial charge in [0.2, 0.25) is 0 Å². The van der Waals surface area contributed by atoms with Gasteiger partial charge in [-0.3, -0.25) is 29.0 Å². The van der Waals surface area contributed by atoms with Gasteiger partial charge in [-0.25, -0.2) is 0 Å². The molecule has 12 nitrogen and oxygen atoms in total. The number of carbonyl (C=O) groups excluding carboxylic acids is 1. The fourth-order valence-electron chi connectivity index (χ4n) is 2.50. The number of hydrogen-bond donors (Lipinski definition) is 5. The van der Waals surface area contributed by atoms with Gasteiger partial charge in [0.15, 0.2) is 5.11 Å². The number of carboxylic acid groups (broad SMARTS) is 3. The Hall–Kier alpha value is -3.29. The first-order valence-corrected chi connectivity index (χ1v) is 9.37. The lowest BCUT2D eigenvalue weighted by molar-refractivity contribution is -0.149. The third-order valence-corrected chi connectivity index (χ3v) is 3.89. The molecule has 0 saturated carbocycles. The largest absolute Gasteiger partial charge is 0.480 e. The molecule has 0 unspecified atom stereocenters. The fourth-order valence-corrected chi connectivity index (χ4v) is 2.62. The van der Waals surface area contributed by atoms with Crippen molar-refractivity contribution in [3.05, 3.63) is 29.8 Å². The minimum Gasteiger partial charge on any atom is -0.480 e. The number of carboxylic acids is 3. The summed E-state index contributed by atoms with van der Waals surface area (Å²) in [6, 6.07) is 6.77. The third kappa shape index (κ3) is 12.1. The summed E-state index contributed by atoms with van der Waals surface area (Å²) >= 11 is 4.73. The highest BCUT2D eigenvalue weighted by Gasteiger charge is 2.19. The van der Waals surface area contributed by atoms with Crippen LogP contribution in [0, 0.1) is 0 Å². The van der Waals surface area contributed by atoms with E-state index in [2.05, 4.69) is 5.32 Å². The Kier molecular flexibility index (Phi) is 10.9. The summed E-state index contributed by atoms with van der Waals surface area (Å²) in [6.07, 6.45) is 0. The highest BCUT2D eigenvalue weighted by molar-refractivity contribution is 7.80. The van der Waals surface area contributed by atoms with Crippen LogP contribution < -0.4 is 11.1 Å². The second kappa shape index (κ2) is 13.1. The monoisotopic (exact) mass is 456 g/mol. The minimum absolute atomic E-state index is 0.0404. The van der Waals surface area contributed by atoms with Gasteiger partial charge in [0.05, 0.1) is 26.2 Å². The summed E-state index contributed by atoms with van der Waals surface area (Å²) in [5.41, 5.74) is 6.73. The molecule has 0 bridgehead atoms. The van der Waals surface area contributed by atoms with Crippen LogP contribution >= 0.6 is 12.2 Å². The van der Waals surface area contributed by atoms with Crippen LogP contribution in [0.5, 0.6) is 0 Å². The van der Waals surface area contributed by atoms with Gasteiger partial charge >= 0.3 is 23.9 Å². The van der Waals surface area contributed by atoms with Gasteiger partial charge in [0.25, 0.3) is 0 Å². The molecule has 0 radical (unpaired) electrons. The summed E-state index contributed by atoms with van der Waals surface area (Å²) in [5, 5.41) is 29.6. The number of esters is 1. The molecule has 0 heterocycles. The predicted molar refractivity (Wildman–Crippen MR) is 112 cm³/mol. The molecule has 0 fully saturated rings. The van der Waals surface area contributed by atoms with Crippen molar-refractivity contribution < 1.29 is 39.2 Å². The van der Waals surface area contributed by atoms with E-state index in [9.17, 15) is 19.2 Å². The molecular formula is C18H24N4O8S. The van der Waals surface area contributed by atoms with Crippen LogP contribution in [0.2, 0.25) is 0 Å². The zero-order valence-electron chi connectivity index (χ0n) is 16.5. The maximum Gasteiger partial charge on any atom is 0.320 e. The van der Waals surface area contributed by atoms with Crippen LogP contribution in [0.25, 0.3) is 0 Å². The van der Waals surface area contributed by atoms with Crippen molar-refractivity contribution in [1.82, 2.24) is 9.80 Å². The van der Waals surface area contributed by atoms with Gasteiger partial charge in [0.1, 0.15) is 6.61 Å². The zero-order valence-corrected chi connectivity index (χ0v) is 17.3. The van der Waals surface area contributed by atoms with E-state index in [0.717, 1.165) is 4.90 Å². The van der Waals surface area contributed by atoms with Crippen LogP contribution in [0.4, 0.5) is 5.69 Å².